The molecule has 0 unspecified atom stereocenters. The van der Waals surface area contributed by atoms with Crippen molar-refractivity contribution in [2.75, 3.05) is 33.3 Å². The molecule has 0 aliphatic carbocycles. The first-order valence-electron chi connectivity index (χ1n) is 5.88. The summed E-state index contributed by atoms with van der Waals surface area (Å²) in [5.41, 5.74) is 2.64. The number of halogens is 1. The SMILES string of the molecule is COCc1cccc(CN2CCNCC2)c1.Cl. The largest absolute Gasteiger partial charge is 0.380 e. The van der Waals surface area contributed by atoms with E-state index in [1.807, 2.05) is 0 Å². The highest BCUT2D eigenvalue weighted by molar-refractivity contribution is 5.85. The van der Waals surface area contributed by atoms with Gasteiger partial charge in [-0.25, -0.2) is 0 Å². The highest BCUT2D eigenvalue weighted by Gasteiger charge is 2.09. The molecule has 0 bridgehead atoms. The molecule has 2 rings (SSSR count). The van der Waals surface area contributed by atoms with Crippen molar-refractivity contribution in [1.82, 2.24) is 10.2 Å². The quantitative estimate of drug-likeness (QED) is 0.887. The molecule has 1 heterocycles. The Morgan fingerprint density at radius 1 is 1.24 bits per heavy atom. The smallest absolute Gasteiger partial charge is 0.0713 e. The highest BCUT2D eigenvalue weighted by atomic mass is 35.5. The molecule has 1 saturated heterocycles. The van der Waals surface area contributed by atoms with E-state index in [9.17, 15) is 0 Å². The predicted octanol–water partition coefficient (Wildman–Crippen LogP) is 1.66. The number of methoxy groups -OCH3 is 1. The van der Waals surface area contributed by atoms with Gasteiger partial charge in [-0.15, -0.1) is 12.4 Å². The van der Waals surface area contributed by atoms with Crippen LogP contribution in [0.4, 0.5) is 0 Å². The lowest BCUT2D eigenvalue weighted by Gasteiger charge is -2.27. The van der Waals surface area contributed by atoms with Gasteiger partial charge in [0.05, 0.1) is 6.61 Å². The van der Waals surface area contributed by atoms with Crippen molar-refractivity contribution < 1.29 is 4.74 Å². The molecular formula is C13H21ClN2O. The summed E-state index contributed by atoms with van der Waals surface area (Å²) in [5, 5.41) is 3.37. The van der Waals surface area contributed by atoms with Crippen LogP contribution in [-0.2, 0) is 17.9 Å². The van der Waals surface area contributed by atoms with Gasteiger partial charge in [0, 0.05) is 39.8 Å². The lowest BCUT2D eigenvalue weighted by atomic mass is 10.1. The molecule has 0 radical (unpaired) electrons. The number of hydrogen-bond acceptors (Lipinski definition) is 3. The number of benzene rings is 1. The molecule has 0 saturated carbocycles. The van der Waals surface area contributed by atoms with Crippen molar-refractivity contribution in [3.05, 3.63) is 35.4 Å². The molecule has 96 valence electrons. The Hall–Kier alpha value is -0.610. The van der Waals surface area contributed by atoms with Gasteiger partial charge in [0.1, 0.15) is 0 Å². The average molecular weight is 257 g/mol. The average Bonchev–Trinajstić information content (AvgIpc) is 2.31. The molecule has 1 N–H and O–H groups in total. The Labute approximate surface area is 110 Å². The van der Waals surface area contributed by atoms with Crippen LogP contribution in [0, 0.1) is 0 Å². The fourth-order valence-electron chi connectivity index (χ4n) is 2.11. The first-order chi connectivity index (χ1) is 7.88. The summed E-state index contributed by atoms with van der Waals surface area (Å²) in [6, 6.07) is 8.67. The van der Waals surface area contributed by atoms with Crippen LogP contribution in [-0.4, -0.2) is 38.2 Å². The second-order valence-corrected chi connectivity index (χ2v) is 4.28. The molecule has 1 aromatic rings. The van der Waals surface area contributed by atoms with E-state index in [1.54, 1.807) is 7.11 Å². The minimum Gasteiger partial charge on any atom is -0.380 e. The van der Waals surface area contributed by atoms with Gasteiger partial charge in [0.25, 0.3) is 0 Å². The molecule has 0 spiro atoms. The fourth-order valence-corrected chi connectivity index (χ4v) is 2.11. The Morgan fingerprint density at radius 3 is 2.65 bits per heavy atom. The summed E-state index contributed by atoms with van der Waals surface area (Å²) in [6.45, 7) is 6.27. The summed E-state index contributed by atoms with van der Waals surface area (Å²) in [4.78, 5) is 2.49. The summed E-state index contributed by atoms with van der Waals surface area (Å²) < 4.78 is 5.15. The van der Waals surface area contributed by atoms with Gasteiger partial charge in [0.15, 0.2) is 0 Å². The summed E-state index contributed by atoms with van der Waals surface area (Å²) >= 11 is 0. The van der Waals surface area contributed by atoms with Crippen molar-refractivity contribution in [2.24, 2.45) is 0 Å². The predicted molar refractivity (Wildman–Crippen MR) is 72.5 cm³/mol. The molecule has 17 heavy (non-hydrogen) atoms. The van der Waals surface area contributed by atoms with Gasteiger partial charge < -0.3 is 10.1 Å². The second kappa shape index (κ2) is 7.67. The number of ether oxygens (including phenoxy) is 1. The van der Waals surface area contributed by atoms with Crippen LogP contribution in [0.15, 0.2) is 24.3 Å². The van der Waals surface area contributed by atoms with Gasteiger partial charge in [-0.2, -0.15) is 0 Å². The topological polar surface area (TPSA) is 24.5 Å². The van der Waals surface area contributed by atoms with Crippen LogP contribution in [0.2, 0.25) is 0 Å². The van der Waals surface area contributed by atoms with Crippen molar-refractivity contribution in [3.63, 3.8) is 0 Å². The van der Waals surface area contributed by atoms with Crippen LogP contribution in [0.1, 0.15) is 11.1 Å². The lowest BCUT2D eigenvalue weighted by Crippen LogP contribution is -2.42. The van der Waals surface area contributed by atoms with E-state index < -0.39 is 0 Å². The molecule has 1 fully saturated rings. The number of rotatable bonds is 4. The van der Waals surface area contributed by atoms with Gasteiger partial charge in [-0.3, -0.25) is 4.90 Å². The van der Waals surface area contributed by atoms with Crippen LogP contribution in [0.5, 0.6) is 0 Å². The fraction of sp³-hybridized carbons (Fsp3) is 0.538. The summed E-state index contributed by atoms with van der Waals surface area (Å²) in [5.74, 6) is 0. The first kappa shape index (κ1) is 14.5. The van der Waals surface area contributed by atoms with Gasteiger partial charge in [-0.05, 0) is 11.1 Å². The van der Waals surface area contributed by atoms with E-state index in [0.717, 1.165) is 32.7 Å². The van der Waals surface area contributed by atoms with Crippen molar-refractivity contribution >= 4 is 12.4 Å². The van der Waals surface area contributed by atoms with E-state index in [4.69, 9.17) is 4.74 Å². The van der Waals surface area contributed by atoms with Crippen molar-refractivity contribution in [3.8, 4) is 0 Å². The molecule has 0 amide bonds. The molecule has 0 aromatic heterocycles. The zero-order chi connectivity index (χ0) is 11.2. The van der Waals surface area contributed by atoms with Crippen LogP contribution < -0.4 is 5.32 Å². The first-order valence-corrected chi connectivity index (χ1v) is 5.88. The minimum absolute atomic E-state index is 0. The van der Waals surface area contributed by atoms with Crippen LogP contribution in [0.25, 0.3) is 0 Å². The Kier molecular flexibility index (Phi) is 6.52. The van der Waals surface area contributed by atoms with E-state index in [0.29, 0.717) is 6.61 Å². The van der Waals surface area contributed by atoms with Gasteiger partial charge in [0.2, 0.25) is 0 Å². The normalized spacial score (nSPS) is 16.5. The lowest BCUT2D eigenvalue weighted by molar-refractivity contribution is 0.184. The van der Waals surface area contributed by atoms with Gasteiger partial charge in [-0.1, -0.05) is 24.3 Å². The van der Waals surface area contributed by atoms with Crippen LogP contribution in [0.3, 0.4) is 0 Å². The molecule has 3 nitrogen and oxygen atoms in total. The Morgan fingerprint density at radius 2 is 1.94 bits per heavy atom. The summed E-state index contributed by atoms with van der Waals surface area (Å²) in [7, 11) is 1.74. The van der Waals surface area contributed by atoms with E-state index in [1.165, 1.54) is 11.1 Å². The third kappa shape index (κ3) is 4.64. The molecule has 1 aliphatic rings. The van der Waals surface area contributed by atoms with Crippen LogP contribution >= 0.6 is 12.4 Å². The Bertz CT molecular complexity index is 327. The monoisotopic (exact) mass is 256 g/mol. The zero-order valence-corrected chi connectivity index (χ0v) is 11.1. The molecule has 1 aromatic carbocycles. The maximum atomic E-state index is 5.15. The third-order valence-corrected chi connectivity index (χ3v) is 2.92. The van der Waals surface area contributed by atoms with E-state index in [-0.39, 0.29) is 12.4 Å². The number of nitrogens with one attached hydrogen (secondary N) is 1. The zero-order valence-electron chi connectivity index (χ0n) is 10.3. The highest BCUT2D eigenvalue weighted by Crippen LogP contribution is 2.09. The third-order valence-electron chi connectivity index (χ3n) is 2.92. The Balaban J connectivity index is 0.00000144. The number of nitrogens with zero attached hydrogens (tertiary/aromatic N) is 1. The summed E-state index contributed by atoms with van der Waals surface area (Å²) in [6.07, 6.45) is 0. The molecular weight excluding hydrogens is 236 g/mol. The molecule has 0 atom stereocenters. The minimum atomic E-state index is 0. The maximum Gasteiger partial charge on any atom is 0.0713 e. The standard InChI is InChI=1S/C13H20N2O.ClH/c1-16-11-13-4-2-3-12(9-13)10-15-7-5-14-6-8-15;/h2-4,9,14H,5-8,10-11H2,1H3;1H. The van der Waals surface area contributed by atoms with Crippen molar-refractivity contribution in [2.45, 2.75) is 13.2 Å². The molecule has 4 heteroatoms. The second-order valence-electron chi connectivity index (χ2n) is 4.28. The van der Waals surface area contributed by atoms with Crippen molar-refractivity contribution in [1.29, 1.82) is 0 Å². The van der Waals surface area contributed by atoms with E-state index >= 15 is 0 Å². The number of hydrogen-bond donors (Lipinski definition) is 1. The number of piperazine rings is 1. The maximum absolute atomic E-state index is 5.15. The van der Waals surface area contributed by atoms with Gasteiger partial charge >= 0.3 is 0 Å². The van der Waals surface area contributed by atoms with E-state index in [2.05, 4.69) is 34.5 Å². The molecule has 1 aliphatic heterocycles.